The van der Waals surface area contributed by atoms with Gasteiger partial charge >= 0.3 is 5.97 Å². The van der Waals surface area contributed by atoms with Crippen LogP contribution < -0.4 is 10.6 Å². The van der Waals surface area contributed by atoms with Crippen LogP contribution in [0.1, 0.15) is 15.9 Å². The predicted molar refractivity (Wildman–Crippen MR) is 76.3 cm³/mol. The largest absolute Gasteiger partial charge is 0.478 e. The highest BCUT2D eigenvalue weighted by Gasteiger charge is 2.16. The molecule has 0 saturated carbocycles. The Labute approximate surface area is 116 Å². The molecule has 4 nitrogen and oxygen atoms in total. The zero-order valence-electron chi connectivity index (χ0n) is 11.0. The highest BCUT2D eigenvalue weighted by atomic mass is 19.1. The van der Waals surface area contributed by atoms with Crippen molar-refractivity contribution in [2.24, 2.45) is 0 Å². The van der Waals surface area contributed by atoms with Crippen molar-refractivity contribution in [1.29, 1.82) is 0 Å². The number of carboxylic acids is 1. The van der Waals surface area contributed by atoms with E-state index in [0.717, 1.165) is 5.56 Å². The van der Waals surface area contributed by atoms with E-state index in [0.29, 0.717) is 17.9 Å². The number of nitrogens with zero attached hydrogens (tertiary/aromatic N) is 1. The Bertz CT molecular complexity index is 626. The second-order valence-electron chi connectivity index (χ2n) is 4.53. The first-order valence-corrected chi connectivity index (χ1v) is 6.06. The monoisotopic (exact) mass is 274 g/mol. The van der Waals surface area contributed by atoms with Gasteiger partial charge in [-0.3, -0.25) is 0 Å². The Morgan fingerprint density at radius 3 is 2.50 bits per heavy atom. The van der Waals surface area contributed by atoms with Gasteiger partial charge in [0.05, 0.1) is 16.9 Å². The minimum atomic E-state index is -1.03. The molecule has 0 fully saturated rings. The number of benzene rings is 2. The molecule has 0 unspecified atom stereocenters. The number of hydrogen-bond acceptors (Lipinski definition) is 3. The van der Waals surface area contributed by atoms with Crippen molar-refractivity contribution >= 4 is 17.3 Å². The molecule has 0 spiro atoms. The second kappa shape index (κ2) is 5.61. The minimum absolute atomic E-state index is 0.148. The summed E-state index contributed by atoms with van der Waals surface area (Å²) >= 11 is 0. The lowest BCUT2D eigenvalue weighted by Gasteiger charge is -2.23. The summed E-state index contributed by atoms with van der Waals surface area (Å²) in [4.78, 5) is 13.0. The molecule has 20 heavy (non-hydrogen) atoms. The number of aromatic carboxylic acids is 1. The molecule has 0 heterocycles. The van der Waals surface area contributed by atoms with Crippen molar-refractivity contribution in [3.05, 3.63) is 59.4 Å². The normalized spacial score (nSPS) is 10.3. The summed E-state index contributed by atoms with van der Waals surface area (Å²) in [6.07, 6.45) is 0. The molecule has 0 atom stereocenters. The van der Waals surface area contributed by atoms with Gasteiger partial charge in [0, 0.05) is 13.6 Å². The van der Waals surface area contributed by atoms with E-state index in [4.69, 9.17) is 5.73 Å². The van der Waals surface area contributed by atoms with Gasteiger partial charge in [-0.25, -0.2) is 9.18 Å². The molecule has 3 N–H and O–H groups in total. The minimum Gasteiger partial charge on any atom is -0.478 e. The zero-order valence-corrected chi connectivity index (χ0v) is 11.0. The second-order valence-corrected chi connectivity index (χ2v) is 4.53. The number of nitrogens with two attached hydrogens (primary N) is 1. The van der Waals surface area contributed by atoms with Gasteiger partial charge in [0.2, 0.25) is 0 Å². The molecule has 0 radical (unpaired) electrons. The molecule has 2 rings (SSSR count). The molecular formula is C15H15FN2O2. The molecule has 0 aromatic heterocycles. The van der Waals surface area contributed by atoms with E-state index in [-0.39, 0.29) is 11.4 Å². The fraction of sp³-hybridized carbons (Fsp3) is 0.133. The van der Waals surface area contributed by atoms with Gasteiger partial charge in [-0.05, 0) is 29.8 Å². The Morgan fingerprint density at radius 1 is 1.25 bits per heavy atom. The number of hydrogen-bond donors (Lipinski definition) is 2. The number of para-hydroxylation sites is 1. The van der Waals surface area contributed by atoms with E-state index < -0.39 is 5.97 Å². The van der Waals surface area contributed by atoms with Crippen molar-refractivity contribution in [2.75, 3.05) is 17.7 Å². The highest BCUT2D eigenvalue weighted by molar-refractivity contribution is 5.97. The summed E-state index contributed by atoms with van der Waals surface area (Å²) in [6.45, 7) is 0.439. The van der Waals surface area contributed by atoms with Crippen LogP contribution in [-0.2, 0) is 6.54 Å². The van der Waals surface area contributed by atoms with Crippen molar-refractivity contribution in [3.8, 4) is 0 Å². The van der Waals surface area contributed by atoms with E-state index in [1.165, 1.54) is 18.2 Å². The van der Waals surface area contributed by atoms with Gasteiger partial charge < -0.3 is 15.7 Å². The van der Waals surface area contributed by atoms with E-state index in [9.17, 15) is 14.3 Å². The fourth-order valence-electron chi connectivity index (χ4n) is 2.10. The Kier molecular flexibility index (Phi) is 3.89. The average Bonchev–Trinajstić information content (AvgIpc) is 2.40. The molecule has 0 aliphatic carbocycles. The fourth-order valence-corrected chi connectivity index (χ4v) is 2.10. The number of anilines is 2. The van der Waals surface area contributed by atoms with E-state index >= 15 is 0 Å². The average molecular weight is 274 g/mol. The van der Waals surface area contributed by atoms with Crippen LogP contribution in [0.2, 0.25) is 0 Å². The van der Waals surface area contributed by atoms with E-state index in [2.05, 4.69) is 0 Å². The molecule has 5 heteroatoms. The van der Waals surface area contributed by atoms with Gasteiger partial charge in [-0.15, -0.1) is 0 Å². The first-order valence-electron chi connectivity index (χ1n) is 6.06. The van der Waals surface area contributed by atoms with E-state index in [1.54, 1.807) is 36.2 Å². The van der Waals surface area contributed by atoms with Crippen LogP contribution in [0.15, 0.2) is 42.5 Å². The number of carbonyl (C=O) groups is 1. The van der Waals surface area contributed by atoms with Gasteiger partial charge in [0.25, 0.3) is 0 Å². The van der Waals surface area contributed by atoms with Crippen molar-refractivity contribution in [3.63, 3.8) is 0 Å². The maximum atomic E-state index is 12.9. The molecule has 104 valence electrons. The molecule has 2 aromatic rings. The third-order valence-electron chi connectivity index (χ3n) is 3.01. The number of halogens is 1. The van der Waals surface area contributed by atoms with Crippen LogP contribution in [0.3, 0.4) is 0 Å². The number of carboxylic acid groups (broad SMARTS) is 1. The summed E-state index contributed by atoms with van der Waals surface area (Å²) in [5.41, 5.74) is 7.75. The molecule has 2 aromatic carbocycles. The van der Waals surface area contributed by atoms with Crippen molar-refractivity contribution in [1.82, 2.24) is 0 Å². The molecular weight excluding hydrogens is 259 g/mol. The summed E-state index contributed by atoms with van der Waals surface area (Å²) in [6, 6.07) is 10.8. The lowest BCUT2D eigenvalue weighted by molar-refractivity contribution is 0.0697. The quantitative estimate of drug-likeness (QED) is 0.841. The van der Waals surface area contributed by atoms with Gasteiger partial charge in [0.15, 0.2) is 0 Å². The third-order valence-corrected chi connectivity index (χ3v) is 3.01. The maximum absolute atomic E-state index is 12.9. The standard InChI is InChI=1S/C15H15FN2O2/c1-18(9-10-5-7-11(16)8-6-10)14-12(15(19)20)3-2-4-13(14)17/h2-8H,9,17H2,1H3,(H,19,20). The van der Waals surface area contributed by atoms with Crippen LogP contribution in [0.4, 0.5) is 15.8 Å². The number of rotatable bonds is 4. The molecule has 0 saturated heterocycles. The first kappa shape index (κ1) is 13.9. The predicted octanol–water partition coefficient (Wildman–Crippen LogP) is 2.74. The van der Waals surface area contributed by atoms with Crippen LogP contribution in [0.25, 0.3) is 0 Å². The number of nitrogen functional groups attached to an aromatic ring is 1. The van der Waals surface area contributed by atoms with Crippen LogP contribution in [0.5, 0.6) is 0 Å². The highest BCUT2D eigenvalue weighted by Crippen LogP contribution is 2.28. The molecule has 0 aliphatic rings. The zero-order chi connectivity index (χ0) is 14.7. The van der Waals surface area contributed by atoms with Gasteiger partial charge in [0.1, 0.15) is 5.82 Å². The summed E-state index contributed by atoms with van der Waals surface area (Å²) in [5, 5.41) is 9.21. The lowest BCUT2D eigenvalue weighted by atomic mass is 10.1. The van der Waals surface area contributed by atoms with Crippen LogP contribution in [-0.4, -0.2) is 18.1 Å². The molecule has 0 aliphatic heterocycles. The smallest absolute Gasteiger partial charge is 0.337 e. The topological polar surface area (TPSA) is 66.6 Å². The Hall–Kier alpha value is -2.56. The maximum Gasteiger partial charge on any atom is 0.337 e. The van der Waals surface area contributed by atoms with Crippen molar-refractivity contribution in [2.45, 2.75) is 6.54 Å². The van der Waals surface area contributed by atoms with E-state index in [1.807, 2.05) is 0 Å². The first-order chi connectivity index (χ1) is 9.49. The third kappa shape index (κ3) is 2.88. The van der Waals surface area contributed by atoms with Crippen LogP contribution in [0, 0.1) is 5.82 Å². The van der Waals surface area contributed by atoms with Gasteiger partial charge in [-0.1, -0.05) is 18.2 Å². The summed E-state index contributed by atoms with van der Waals surface area (Å²) in [7, 11) is 1.75. The summed E-state index contributed by atoms with van der Waals surface area (Å²) in [5.74, 6) is -1.33. The SMILES string of the molecule is CN(Cc1ccc(F)cc1)c1c(N)cccc1C(=O)O. The van der Waals surface area contributed by atoms with Crippen LogP contribution >= 0.6 is 0 Å². The molecule has 0 amide bonds. The summed E-state index contributed by atoms with van der Waals surface area (Å²) < 4.78 is 12.9. The molecule has 0 bridgehead atoms. The van der Waals surface area contributed by atoms with Crippen molar-refractivity contribution < 1.29 is 14.3 Å². The Balaban J connectivity index is 2.31. The Morgan fingerprint density at radius 2 is 1.90 bits per heavy atom. The van der Waals surface area contributed by atoms with Gasteiger partial charge in [-0.2, -0.15) is 0 Å². The lowest BCUT2D eigenvalue weighted by Crippen LogP contribution is -2.21.